The van der Waals surface area contributed by atoms with Crippen molar-refractivity contribution in [1.82, 2.24) is 4.13 Å². The molecule has 0 rings (SSSR count). The third-order valence-electron chi connectivity index (χ3n) is 1.01. The number of nitrogens with one attached hydrogen (secondary N) is 1. The van der Waals surface area contributed by atoms with Crippen molar-refractivity contribution >= 4 is 20.2 Å². The molecule has 0 fully saturated rings. The maximum atomic E-state index is 10.8. The predicted molar refractivity (Wildman–Crippen MR) is 44.9 cm³/mol. The highest BCUT2D eigenvalue weighted by Gasteiger charge is 2.15. The quantitative estimate of drug-likeness (QED) is 0.609. The normalized spacial score (nSPS) is 13.2. The minimum atomic E-state index is -4.15. The molecular weight excluding hydrogens is 204 g/mol. The summed E-state index contributed by atoms with van der Waals surface area (Å²) in [7, 11) is -7.91. The van der Waals surface area contributed by atoms with Crippen LogP contribution in [0.15, 0.2) is 0 Å². The molecule has 74 valence electrons. The van der Waals surface area contributed by atoms with Gasteiger partial charge in [0.2, 0.25) is 10.0 Å². The smallest absolute Gasteiger partial charge is 0.215 e. The molecule has 0 aliphatic carbocycles. The molecule has 0 atom stereocenters. The van der Waals surface area contributed by atoms with E-state index in [0.29, 0.717) is 12.8 Å². The Kier molecular flexibility index (Phi) is 4.11. The fraction of sp³-hybridized carbons (Fsp3) is 1.00. The van der Waals surface area contributed by atoms with Crippen LogP contribution in [0.1, 0.15) is 19.8 Å². The van der Waals surface area contributed by atoms with Gasteiger partial charge in [0, 0.05) is 0 Å². The Morgan fingerprint density at radius 3 is 2.08 bits per heavy atom. The summed E-state index contributed by atoms with van der Waals surface area (Å²) in [6.07, 6.45) is 1.08. The lowest BCUT2D eigenvalue weighted by Crippen LogP contribution is -2.37. The third kappa shape index (κ3) is 6.53. The van der Waals surface area contributed by atoms with E-state index in [4.69, 9.17) is 0 Å². The largest absolute Gasteiger partial charge is 0.287 e. The molecule has 0 aliphatic rings. The topological polar surface area (TPSA) is 106 Å². The van der Waals surface area contributed by atoms with E-state index in [1.807, 2.05) is 0 Å². The molecule has 0 saturated heterocycles. The van der Waals surface area contributed by atoms with Gasteiger partial charge in [-0.05, 0) is 6.42 Å². The SMILES string of the molecule is CCCCS(=O)(=O)NS(N)(=O)=O. The highest BCUT2D eigenvalue weighted by Crippen LogP contribution is 1.93. The molecular formula is C4H12N2O4S2. The fourth-order valence-corrected chi connectivity index (χ4v) is 2.97. The maximum absolute atomic E-state index is 10.8. The average molecular weight is 216 g/mol. The van der Waals surface area contributed by atoms with Gasteiger partial charge in [0.15, 0.2) is 0 Å². The summed E-state index contributed by atoms with van der Waals surface area (Å²) >= 11 is 0. The first-order valence-corrected chi connectivity index (χ1v) is 6.50. The van der Waals surface area contributed by atoms with Gasteiger partial charge < -0.3 is 0 Å². The minimum Gasteiger partial charge on any atom is -0.215 e. The van der Waals surface area contributed by atoms with Gasteiger partial charge in [-0.25, -0.2) is 13.6 Å². The Hall–Kier alpha value is -0.180. The lowest BCUT2D eigenvalue weighted by molar-refractivity contribution is 0.576. The zero-order chi connectivity index (χ0) is 9.83. The molecule has 0 saturated carbocycles. The minimum absolute atomic E-state index is 0.222. The summed E-state index contributed by atoms with van der Waals surface area (Å²) in [5.41, 5.74) is 0. The Bertz CT molecular complexity index is 317. The van der Waals surface area contributed by atoms with E-state index in [0.717, 1.165) is 0 Å². The number of rotatable bonds is 5. The summed E-state index contributed by atoms with van der Waals surface area (Å²) in [5, 5.41) is 4.48. The number of hydrogen-bond donors (Lipinski definition) is 2. The van der Waals surface area contributed by atoms with Crippen LogP contribution < -0.4 is 9.27 Å². The van der Waals surface area contributed by atoms with Gasteiger partial charge in [0.05, 0.1) is 5.75 Å². The lowest BCUT2D eigenvalue weighted by Gasteiger charge is -2.01. The Morgan fingerprint density at radius 2 is 1.75 bits per heavy atom. The van der Waals surface area contributed by atoms with Gasteiger partial charge in [-0.3, -0.25) is 0 Å². The van der Waals surface area contributed by atoms with Crippen LogP contribution in [0.25, 0.3) is 0 Å². The van der Waals surface area contributed by atoms with Crippen molar-refractivity contribution < 1.29 is 16.8 Å². The fourth-order valence-electron chi connectivity index (χ4n) is 0.553. The summed E-state index contributed by atoms with van der Waals surface area (Å²) in [4.78, 5) is 0. The highest BCUT2D eigenvalue weighted by molar-refractivity contribution is 8.03. The van der Waals surface area contributed by atoms with Gasteiger partial charge in [-0.2, -0.15) is 8.42 Å². The van der Waals surface area contributed by atoms with Crippen molar-refractivity contribution in [2.75, 3.05) is 5.75 Å². The van der Waals surface area contributed by atoms with Crippen LogP contribution in [-0.2, 0) is 20.2 Å². The molecule has 0 amide bonds. The van der Waals surface area contributed by atoms with E-state index in [-0.39, 0.29) is 5.75 Å². The van der Waals surface area contributed by atoms with Crippen molar-refractivity contribution in [2.24, 2.45) is 5.14 Å². The van der Waals surface area contributed by atoms with E-state index < -0.39 is 20.2 Å². The van der Waals surface area contributed by atoms with Crippen LogP contribution in [0, 0.1) is 0 Å². The number of unbranched alkanes of at least 4 members (excludes halogenated alkanes) is 1. The van der Waals surface area contributed by atoms with E-state index in [2.05, 4.69) is 5.14 Å². The monoisotopic (exact) mass is 216 g/mol. The molecule has 0 aliphatic heterocycles. The van der Waals surface area contributed by atoms with Crippen LogP contribution in [0.5, 0.6) is 0 Å². The second kappa shape index (κ2) is 4.17. The van der Waals surface area contributed by atoms with Crippen molar-refractivity contribution in [1.29, 1.82) is 0 Å². The van der Waals surface area contributed by atoms with Crippen molar-refractivity contribution in [3.05, 3.63) is 0 Å². The van der Waals surface area contributed by atoms with Gasteiger partial charge >= 0.3 is 0 Å². The molecule has 0 aromatic rings. The van der Waals surface area contributed by atoms with Gasteiger partial charge in [-0.15, -0.1) is 0 Å². The van der Waals surface area contributed by atoms with Crippen LogP contribution >= 0.6 is 0 Å². The van der Waals surface area contributed by atoms with Crippen LogP contribution in [0.4, 0.5) is 0 Å². The maximum Gasteiger partial charge on any atom is 0.287 e. The second-order valence-corrected chi connectivity index (χ2v) is 5.70. The Labute approximate surface area is 72.4 Å². The Balaban J connectivity index is 4.26. The second-order valence-electron chi connectivity index (χ2n) is 2.30. The summed E-state index contributed by atoms with van der Waals surface area (Å²) in [5.74, 6) is -0.222. The van der Waals surface area contributed by atoms with Gasteiger partial charge in [0.25, 0.3) is 10.2 Å². The molecule has 12 heavy (non-hydrogen) atoms. The van der Waals surface area contributed by atoms with Crippen molar-refractivity contribution in [2.45, 2.75) is 19.8 Å². The average Bonchev–Trinajstić information content (AvgIpc) is 1.78. The van der Waals surface area contributed by atoms with Crippen molar-refractivity contribution in [3.63, 3.8) is 0 Å². The predicted octanol–water partition coefficient (Wildman–Crippen LogP) is -1.09. The molecule has 0 unspecified atom stereocenters. The summed E-state index contributed by atoms with van der Waals surface area (Å²) in [6, 6.07) is 0. The first-order chi connectivity index (χ1) is 5.27. The first-order valence-electron chi connectivity index (χ1n) is 3.31. The molecule has 0 radical (unpaired) electrons. The zero-order valence-corrected chi connectivity index (χ0v) is 8.28. The standard InChI is InChI=1S/C4H12N2O4S2/c1-2-3-4-11(7,8)6-12(5,9)10/h6H,2-4H2,1H3,(H2,5,9,10). The van der Waals surface area contributed by atoms with Gasteiger partial charge in [-0.1, -0.05) is 17.5 Å². The molecule has 0 bridgehead atoms. The molecule has 3 N–H and O–H groups in total. The molecule has 0 heterocycles. The molecule has 6 nitrogen and oxygen atoms in total. The van der Waals surface area contributed by atoms with Gasteiger partial charge in [0.1, 0.15) is 0 Å². The van der Waals surface area contributed by atoms with E-state index in [9.17, 15) is 16.8 Å². The number of hydrogen-bond acceptors (Lipinski definition) is 4. The lowest BCUT2D eigenvalue weighted by atomic mass is 10.4. The van der Waals surface area contributed by atoms with Crippen LogP contribution in [0.3, 0.4) is 0 Å². The third-order valence-corrected chi connectivity index (χ3v) is 3.78. The van der Waals surface area contributed by atoms with E-state index in [1.54, 1.807) is 6.92 Å². The molecule has 0 aromatic carbocycles. The van der Waals surface area contributed by atoms with E-state index >= 15 is 0 Å². The summed E-state index contributed by atoms with van der Waals surface area (Å²) in [6.45, 7) is 1.80. The summed E-state index contributed by atoms with van der Waals surface area (Å²) < 4.78 is 43.6. The number of nitrogens with two attached hydrogens (primary N) is 1. The van der Waals surface area contributed by atoms with E-state index in [1.165, 1.54) is 4.13 Å². The molecule has 0 aromatic heterocycles. The first kappa shape index (κ1) is 11.8. The van der Waals surface area contributed by atoms with Crippen LogP contribution in [0.2, 0.25) is 0 Å². The molecule has 0 spiro atoms. The van der Waals surface area contributed by atoms with Crippen molar-refractivity contribution in [3.8, 4) is 0 Å². The van der Waals surface area contributed by atoms with Crippen LogP contribution in [-0.4, -0.2) is 22.6 Å². The highest BCUT2D eigenvalue weighted by atomic mass is 32.3. The Morgan fingerprint density at radius 1 is 1.25 bits per heavy atom. The number of sulfonamides is 1. The molecule has 8 heteroatoms. The zero-order valence-electron chi connectivity index (χ0n) is 6.65.